The van der Waals surface area contributed by atoms with Crippen molar-refractivity contribution in [2.75, 3.05) is 0 Å². The second-order valence-corrected chi connectivity index (χ2v) is 5.56. The molecule has 2 nitrogen and oxygen atoms in total. The molecule has 1 aliphatic carbocycles. The Labute approximate surface area is 111 Å². The molecule has 0 saturated heterocycles. The van der Waals surface area contributed by atoms with E-state index in [9.17, 15) is 18.0 Å². The molecule has 6 heteroatoms. The van der Waals surface area contributed by atoms with Gasteiger partial charge in [0.1, 0.15) is 0 Å². The van der Waals surface area contributed by atoms with Gasteiger partial charge < -0.3 is 5.32 Å². The van der Waals surface area contributed by atoms with Crippen molar-refractivity contribution in [3.63, 3.8) is 0 Å². The number of hydrogen-bond acceptors (Lipinski definition) is 1. The van der Waals surface area contributed by atoms with Crippen LogP contribution in [-0.2, 0) is 6.18 Å². The van der Waals surface area contributed by atoms with Gasteiger partial charge in [0.05, 0.1) is 11.1 Å². The number of hydrogen-bond donors (Lipinski definition) is 1. The molecule has 2 rings (SSSR count). The Morgan fingerprint density at radius 1 is 1.39 bits per heavy atom. The molecule has 1 fully saturated rings. The van der Waals surface area contributed by atoms with E-state index >= 15 is 0 Å². The molecule has 0 aliphatic heterocycles. The van der Waals surface area contributed by atoms with Gasteiger partial charge >= 0.3 is 6.18 Å². The van der Waals surface area contributed by atoms with Crippen LogP contribution in [0.5, 0.6) is 0 Å². The van der Waals surface area contributed by atoms with Crippen LogP contribution in [0.1, 0.15) is 35.7 Å². The zero-order valence-corrected chi connectivity index (χ0v) is 11.2. The van der Waals surface area contributed by atoms with Crippen molar-refractivity contribution in [1.29, 1.82) is 0 Å². The molecular formula is C12H11BrF3NO. The number of carbonyl (C=O) groups excluding carboxylic acids is 1. The predicted molar refractivity (Wildman–Crippen MR) is 64.2 cm³/mol. The standard InChI is InChI=1S/C12H11BrF3NO/c1-11(4-5-11)17-10(18)8-6-7(12(14,15)16)2-3-9(8)13/h2-3,6H,4-5H2,1H3,(H,17,18). The second kappa shape index (κ2) is 4.26. The van der Waals surface area contributed by atoms with Crippen LogP contribution in [0.25, 0.3) is 0 Å². The SMILES string of the molecule is CC1(NC(=O)c2cc(C(F)(F)F)ccc2Br)CC1. The van der Waals surface area contributed by atoms with Gasteiger partial charge in [0, 0.05) is 10.0 Å². The van der Waals surface area contributed by atoms with Crippen molar-refractivity contribution in [3.8, 4) is 0 Å². The number of benzene rings is 1. The molecule has 1 aromatic rings. The van der Waals surface area contributed by atoms with Gasteiger partial charge in [0.25, 0.3) is 5.91 Å². The van der Waals surface area contributed by atoms with E-state index in [0.29, 0.717) is 4.47 Å². The summed E-state index contributed by atoms with van der Waals surface area (Å²) in [5.74, 6) is -0.479. The van der Waals surface area contributed by atoms with Gasteiger partial charge in [0.15, 0.2) is 0 Å². The van der Waals surface area contributed by atoms with Gasteiger partial charge in [-0.1, -0.05) is 0 Å². The molecule has 1 N–H and O–H groups in total. The first-order valence-corrected chi connectivity index (χ1v) is 6.20. The van der Waals surface area contributed by atoms with Crippen LogP contribution >= 0.6 is 15.9 Å². The van der Waals surface area contributed by atoms with E-state index in [1.165, 1.54) is 6.07 Å². The molecule has 0 aromatic heterocycles. The van der Waals surface area contributed by atoms with E-state index < -0.39 is 17.6 Å². The summed E-state index contributed by atoms with van der Waals surface area (Å²) >= 11 is 3.10. The van der Waals surface area contributed by atoms with E-state index in [2.05, 4.69) is 21.2 Å². The largest absolute Gasteiger partial charge is 0.416 e. The van der Waals surface area contributed by atoms with Crippen LogP contribution in [0.15, 0.2) is 22.7 Å². The highest BCUT2D eigenvalue weighted by Gasteiger charge is 2.39. The molecule has 1 aliphatic rings. The fourth-order valence-electron chi connectivity index (χ4n) is 1.53. The first-order valence-electron chi connectivity index (χ1n) is 5.41. The zero-order chi connectivity index (χ0) is 13.6. The fraction of sp³-hybridized carbons (Fsp3) is 0.417. The topological polar surface area (TPSA) is 29.1 Å². The third-order valence-electron chi connectivity index (χ3n) is 2.95. The number of alkyl halides is 3. The highest BCUT2D eigenvalue weighted by molar-refractivity contribution is 9.10. The normalized spacial score (nSPS) is 17.4. The third kappa shape index (κ3) is 2.85. The van der Waals surface area contributed by atoms with E-state index in [1.54, 1.807) is 0 Å². The van der Waals surface area contributed by atoms with Crippen LogP contribution in [0.3, 0.4) is 0 Å². The fourth-order valence-corrected chi connectivity index (χ4v) is 1.96. The molecule has 0 heterocycles. The molecule has 1 saturated carbocycles. The van der Waals surface area contributed by atoms with Gasteiger partial charge in [-0.2, -0.15) is 13.2 Å². The molecule has 0 spiro atoms. The maximum atomic E-state index is 12.6. The summed E-state index contributed by atoms with van der Waals surface area (Å²) in [5, 5.41) is 2.73. The van der Waals surface area contributed by atoms with E-state index in [4.69, 9.17) is 0 Å². The van der Waals surface area contributed by atoms with Crippen LogP contribution in [0.4, 0.5) is 13.2 Å². The Morgan fingerprint density at radius 3 is 2.50 bits per heavy atom. The lowest BCUT2D eigenvalue weighted by Gasteiger charge is -2.14. The summed E-state index contributed by atoms with van der Waals surface area (Å²) in [7, 11) is 0. The molecule has 0 atom stereocenters. The molecule has 1 aromatic carbocycles. The highest BCUT2D eigenvalue weighted by Crippen LogP contribution is 2.36. The van der Waals surface area contributed by atoms with Crippen molar-refractivity contribution in [2.24, 2.45) is 0 Å². The lowest BCUT2D eigenvalue weighted by molar-refractivity contribution is -0.137. The summed E-state index contributed by atoms with van der Waals surface area (Å²) < 4.78 is 38.1. The van der Waals surface area contributed by atoms with Crippen molar-refractivity contribution in [3.05, 3.63) is 33.8 Å². The van der Waals surface area contributed by atoms with Crippen molar-refractivity contribution >= 4 is 21.8 Å². The van der Waals surface area contributed by atoms with Crippen LogP contribution in [0.2, 0.25) is 0 Å². The van der Waals surface area contributed by atoms with Crippen molar-refractivity contribution in [2.45, 2.75) is 31.5 Å². The minimum Gasteiger partial charge on any atom is -0.347 e. The number of carbonyl (C=O) groups is 1. The van der Waals surface area contributed by atoms with Gasteiger partial charge in [-0.15, -0.1) is 0 Å². The molecule has 98 valence electrons. The van der Waals surface area contributed by atoms with Gasteiger partial charge in [-0.3, -0.25) is 4.79 Å². The molecule has 18 heavy (non-hydrogen) atoms. The second-order valence-electron chi connectivity index (χ2n) is 4.71. The van der Waals surface area contributed by atoms with Gasteiger partial charge in [0.2, 0.25) is 0 Å². The molecule has 0 bridgehead atoms. The minimum atomic E-state index is -4.45. The third-order valence-corrected chi connectivity index (χ3v) is 3.65. The Balaban J connectivity index is 2.28. The van der Waals surface area contributed by atoms with Crippen molar-refractivity contribution < 1.29 is 18.0 Å². The number of nitrogens with one attached hydrogen (secondary N) is 1. The monoisotopic (exact) mass is 321 g/mol. The van der Waals surface area contributed by atoms with Gasteiger partial charge in [-0.05, 0) is 53.9 Å². The quantitative estimate of drug-likeness (QED) is 0.883. The number of rotatable bonds is 2. The summed E-state index contributed by atoms with van der Waals surface area (Å²) in [4.78, 5) is 11.9. The van der Waals surface area contributed by atoms with Crippen LogP contribution < -0.4 is 5.32 Å². The zero-order valence-electron chi connectivity index (χ0n) is 9.57. The average Bonchev–Trinajstić information content (AvgIpc) is 2.94. The Hall–Kier alpha value is -1.04. The molecular weight excluding hydrogens is 311 g/mol. The van der Waals surface area contributed by atoms with E-state index in [-0.39, 0.29) is 11.1 Å². The van der Waals surface area contributed by atoms with Crippen molar-refractivity contribution in [1.82, 2.24) is 5.32 Å². The number of halogens is 4. The maximum Gasteiger partial charge on any atom is 0.416 e. The smallest absolute Gasteiger partial charge is 0.347 e. The summed E-state index contributed by atoms with van der Waals surface area (Å²) in [6.07, 6.45) is -2.73. The summed E-state index contributed by atoms with van der Waals surface area (Å²) in [5.41, 5.74) is -1.07. The Morgan fingerprint density at radius 2 is 2.00 bits per heavy atom. The summed E-state index contributed by atoms with van der Waals surface area (Å²) in [6.45, 7) is 1.87. The average molecular weight is 322 g/mol. The lowest BCUT2D eigenvalue weighted by atomic mass is 10.1. The van der Waals surface area contributed by atoms with Crippen LogP contribution in [-0.4, -0.2) is 11.4 Å². The highest BCUT2D eigenvalue weighted by atomic mass is 79.9. The summed E-state index contributed by atoms with van der Waals surface area (Å²) in [6, 6.07) is 3.05. The lowest BCUT2D eigenvalue weighted by Crippen LogP contribution is -2.34. The first-order chi connectivity index (χ1) is 8.21. The maximum absolute atomic E-state index is 12.6. The van der Waals surface area contributed by atoms with Crippen LogP contribution in [0, 0.1) is 0 Å². The molecule has 1 amide bonds. The Bertz CT molecular complexity index is 495. The van der Waals surface area contributed by atoms with E-state index in [0.717, 1.165) is 25.0 Å². The van der Waals surface area contributed by atoms with Gasteiger partial charge in [-0.25, -0.2) is 0 Å². The molecule has 0 radical (unpaired) electrons. The predicted octanol–water partition coefficient (Wildman–Crippen LogP) is 3.75. The minimum absolute atomic E-state index is 0.0120. The van der Waals surface area contributed by atoms with E-state index in [1.807, 2.05) is 6.92 Å². The first kappa shape index (κ1) is 13.4. The Kier molecular flexibility index (Phi) is 3.17. The number of amides is 1. The molecule has 0 unspecified atom stereocenters.